The lowest BCUT2D eigenvalue weighted by molar-refractivity contribution is 0.0127. The van der Waals surface area contributed by atoms with Crippen LogP contribution in [0.4, 0.5) is 8.78 Å². The van der Waals surface area contributed by atoms with Crippen LogP contribution in [0.2, 0.25) is 0 Å². The molecule has 0 amide bonds. The van der Waals surface area contributed by atoms with Gasteiger partial charge in [-0.2, -0.15) is 10.2 Å². The maximum atomic E-state index is 13.4. The fraction of sp³-hybridized carbons (Fsp3) is 0.333. The first-order valence-corrected chi connectivity index (χ1v) is 9.76. The fourth-order valence-electron chi connectivity index (χ4n) is 3.98. The second kappa shape index (κ2) is 6.94. The average molecular weight is 410 g/mol. The van der Waals surface area contributed by atoms with Crippen LogP contribution in [0.15, 0.2) is 36.5 Å². The van der Waals surface area contributed by atoms with E-state index in [1.54, 1.807) is 12.1 Å². The molecule has 1 fully saturated rings. The van der Waals surface area contributed by atoms with E-state index in [9.17, 15) is 13.6 Å². The number of likely N-dealkylation sites (tertiary alicyclic amines) is 1. The van der Waals surface area contributed by atoms with Crippen molar-refractivity contribution in [3.05, 3.63) is 53.5 Å². The molecule has 1 aliphatic rings. The number of ketones is 1. The molecular formula is C21H20F2N6O. The summed E-state index contributed by atoms with van der Waals surface area (Å²) in [6, 6.07) is 9.45. The molecule has 3 aromatic heterocycles. The van der Waals surface area contributed by atoms with Gasteiger partial charge >= 0.3 is 0 Å². The Labute approximate surface area is 170 Å². The zero-order valence-corrected chi connectivity index (χ0v) is 16.4. The van der Waals surface area contributed by atoms with Crippen molar-refractivity contribution in [2.75, 3.05) is 19.6 Å². The van der Waals surface area contributed by atoms with Gasteiger partial charge in [-0.25, -0.2) is 13.8 Å². The number of halogens is 2. The molecule has 0 bridgehead atoms. The van der Waals surface area contributed by atoms with Crippen LogP contribution < -0.4 is 0 Å². The number of pyridine rings is 1. The molecular weight excluding hydrogens is 390 g/mol. The van der Waals surface area contributed by atoms with E-state index in [0.29, 0.717) is 17.5 Å². The Morgan fingerprint density at radius 2 is 2.13 bits per heavy atom. The molecule has 0 atom stereocenters. The van der Waals surface area contributed by atoms with Crippen LogP contribution in [0.3, 0.4) is 0 Å². The lowest BCUT2D eigenvalue weighted by atomic mass is 10.1. The molecule has 5 rings (SSSR count). The van der Waals surface area contributed by atoms with E-state index in [4.69, 9.17) is 0 Å². The van der Waals surface area contributed by atoms with Gasteiger partial charge in [0.05, 0.1) is 30.5 Å². The van der Waals surface area contributed by atoms with Crippen molar-refractivity contribution in [2.45, 2.75) is 18.8 Å². The Morgan fingerprint density at radius 1 is 1.27 bits per heavy atom. The number of aryl methyl sites for hydroxylation is 1. The van der Waals surface area contributed by atoms with Crippen LogP contribution >= 0.6 is 0 Å². The Hall–Kier alpha value is -3.20. The van der Waals surface area contributed by atoms with Gasteiger partial charge in [0, 0.05) is 31.8 Å². The molecule has 9 heteroatoms. The number of aromatic nitrogens is 5. The number of nitrogens with one attached hydrogen (secondary N) is 1. The second-order valence-electron chi connectivity index (χ2n) is 7.84. The van der Waals surface area contributed by atoms with Crippen molar-refractivity contribution in [3.8, 4) is 0 Å². The maximum Gasteiger partial charge on any atom is 0.261 e. The summed E-state index contributed by atoms with van der Waals surface area (Å²) < 4.78 is 28.6. The highest BCUT2D eigenvalue weighted by Gasteiger charge is 2.38. The Kier molecular flexibility index (Phi) is 4.35. The molecule has 1 saturated heterocycles. The predicted octanol–water partition coefficient (Wildman–Crippen LogP) is 2.96. The topological polar surface area (TPSA) is 79.7 Å². The number of alkyl halides is 2. The maximum absolute atomic E-state index is 13.4. The van der Waals surface area contributed by atoms with Crippen LogP contribution in [-0.4, -0.2) is 61.2 Å². The molecule has 0 radical (unpaired) electrons. The normalized spacial score (nSPS) is 16.6. The number of Topliss-reactive ketones (excluding diaryl/α,β-unsaturated/α-hetero) is 1. The average Bonchev–Trinajstić information content (AvgIpc) is 3.39. The van der Waals surface area contributed by atoms with E-state index >= 15 is 0 Å². The fourth-order valence-corrected chi connectivity index (χ4v) is 3.98. The first-order chi connectivity index (χ1) is 14.4. The molecule has 0 saturated carbocycles. The summed E-state index contributed by atoms with van der Waals surface area (Å²) in [5.74, 6) is -2.98. The van der Waals surface area contributed by atoms with E-state index in [-0.39, 0.29) is 37.5 Å². The van der Waals surface area contributed by atoms with Crippen LogP contribution in [0, 0.1) is 0 Å². The quantitative estimate of drug-likeness (QED) is 0.512. The Bertz CT molecular complexity index is 1260. The number of fused-ring (bicyclic) bond motifs is 2. The van der Waals surface area contributed by atoms with Crippen molar-refractivity contribution in [3.63, 3.8) is 0 Å². The van der Waals surface area contributed by atoms with Crippen LogP contribution in [0.25, 0.3) is 21.9 Å². The highest BCUT2D eigenvalue weighted by Crippen LogP contribution is 2.27. The van der Waals surface area contributed by atoms with Gasteiger partial charge in [-0.3, -0.25) is 19.5 Å². The van der Waals surface area contributed by atoms with Gasteiger partial charge in [-0.1, -0.05) is 6.07 Å². The summed E-state index contributed by atoms with van der Waals surface area (Å²) in [7, 11) is 1.90. The molecule has 154 valence electrons. The third kappa shape index (κ3) is 3.45. The number of hydrogen-bond donors (Lipinski definition) is 1. The molecule has 4 aromatic rings. The van der Waals surface area contributed by atoms with Gasteiger partial charge in [0.1, 0.15) is 16.7 Å². The Balaban J connectivity index is 1.39. The predicted molar refractivity (Wildman–Crippen MR) is 108 cm³/mol. The van der Waals surface area contributed by atoms with Gasteiger partial charge in [-0.05, 0) is 29.8 Å². The van der Waals surface area contributed by atoms with E-state index in [1.807, 2.05) is 30.1 Å². The molecule has 4 heterocycles. The lowest BCUT2D eigenvalue weighted by Crippen LogP contribution is -2.30. The number of H-pyrrole nitrogens is 1. The molecule has 0 spiro atoms. The first-order valence-electron chi connectivity index (χ1n) is 9.76. The molecule has 30 heavy (non-hydrogen) atoms. The number of hydrogen-bond acceptors (Lipinski definition) is 5. The number of rotatable bonds is 5. The minimum Gasteiger partial charge on any atom is -0.291 e. The van der Waals surface area contributed by atoms with Crippen molar-refractivity contribution in [2.24, 2.45) is 7.05 Å². The first kappa shape index (κ1) is 18.8. The number of benzene rings is 1. The van der Waals surface area contributed by atoms with E-state index in [1.165, 1.54) is 4.90 Å². The van der Waals surface area contributed by atoms with Crippen molar-refractivity contribution < 1.29 is 13.6 Å². The van der Waals surface area contributed by atoms with Gasteiger partial charge in [0.25, 0.3) is 5.92 Å². The van der Waals surface area contributed by atoms with Crippen LogP contribution in [0.5, 0.6) is 0 Å². The van der Waals surface area contributed by atoms with Gasteiger partial charge < -0.3 is 0 Å². The summed E-state index contributed by atoms with van der Waals surface area (Å²) >= 11 is 0. The van der Waals surface area contributed by atoms with Crippen LogP contribution in [0.1, 0.15) is 28.2 Å². The molecule has 1 N–H and O–H groups in total. The molecule has 1 aliphatic heterocycles. The second-order valence-corrected chi connectivity index (χ2v) is 7.84. The van der Waals surface area contributed by atoms with E-state index < -0.39 is 5.92 Å². The van der Waals surface area contributed by atoms with E-state index in [2.05, 4.69) is 26.3 Å². The molecule has 0 aliphatic carbocycles. The minimum atomic E-state index is -2.72. The highest BCUT2D eigenvalue weighted by atomic mass is 19.3. The number of nitrogens with zero attached hydrogens (tertiary/aromatic N) is 5. The highest BCUT2D eigenvalue weighted by molar-refractivity contribution is 5.97. The monoisotopic (exact) mass is 410 g/mol. The van der Waals surface area contributed by atoms with Gasteiger partial charge in [0.15, 0.2) is 5.78 Å². The Morgan fingerprint density at radius 3 is 2.93 bits per heavy atom. The molecule has 1 aromatic carbocycles. The number of aromatic amines is 1. The smallest absolute Gasteiger partial charge is 0.261 e. The van der Waals surface area contributed by atoms with Crippen molar-refractivity contribution >= 4 is 27.7 Å². The van der Waals surface area contributed by atoms with Gasteiger partial charge in [-0.15, -0.1) is 0 Å². The summed E-state index contributed by atoms with van der Waals surface area (Å²) in [6.45, 7) is -0.220. The zero-order valence-electron chi connectivity index (χ0n) is 16.4. The number of carbonyl (C=O) groups is 1. The van der Waals surface area contributed by atoms with Gasteiger partial charge in [0.2, 0.25) is 0 Å². The number of carbonyl (C=O) groups excluding carboxylic acids is 1. The SMILES string of the molecule is Cn1ncc2cc(Cc3[nH]nc4ccc(C(=O)CN5CCC(F)(F)C5)nc34)ccc21. The van der Waals surface area contributed by atoms with Crippen molar-refractivity contribution in [1.29, 1.82) is 0 Å². The lowest BCUT2D eigenvalue weighted by Gasteiger charge is -2.14. The zero-order chi connectivity index (χ0) is 20.9. The van der Waals surface area contributed by atoms with Crippen molar-refractivity contribution in [1.82, 2.24) is 29.9 Å². The third-order valence-corrected chi connectivity index (χ3v) is 5.56. The summed E-state index contributed by atoms with van der Waals surface area (Å²) in [5, 5.41) is 12.6. The van der Waals surface area contributed by atoms with E-state index in [0.717, 1.165) is 22.2 Å². The molecule has 0 unspecified atom stereocenters. The summed E-state index contributed by atoms with van der Waals surface area (Å²) in [5.41, 5.74) is 4.47. The molecule has 7 nitrogen and oxygen atoms in total. The summed E-state index contributed by atoms with van der Waals surface area (Å²) in [4.78, 5) is 18.6. The standard InChI is InChI=1S/C21H20F2N6O/c1-28-18-5-2-13(8-14(18)10-24-28)9-17-20-16(26-27-17)4-3-15(25-20)19(30)11-29-7-6-21(22,23)12-29/h2-5,8,10H,6-7,9,11-12H2,1H3,(H,26,27). The third-order valence-electron chi connectivity index (χ3n) is 5.56. The van der Waals surface area contributed by atoms with Crippen LogP contribution in [-0.2, 0) is 13.5 Å². The largest absolute Gasteiger partial charge is 0.291 e. The minimum absolute atomic E-state index is 0.0566. The summed E-state index contributed by atoms with van der Waals surface area (Å²) in [6.07, 6.45) is 2.19.